The molecule has 1 fully saturated rings. The minimum atomic E-state index is -0.926. The molecule has 0 saturated carbocycles. The molecule has 0 amide bonds. The number of β-amino-alcohol motifs (C(OH)–C–C–N with tert-alkyl or cyclic N) is 1. The van der Waals surface area contributed by atoms with E-state index in [1.165, 1.54) is 0 Å². The second-order valence-electron chi connectivity index (χ2n) is 5.03. The normalized spacial score (nSPS) is 20.3. The average molecular weight is 311 g/mol. The third kappa shape index (κ3) is 4.66. The fraction of sp³-hybridized carbons (Fsp3) is 0.571. The van der Waals surface area contributed by atoms with E-state index in [2.05, 4.69) is 9.97 Å². The zero-order valence-electron chi connectivity index (χ0n) is 12.9. The molecule has 0 spiro atoms. The van der Waals surface area contributed by atoms with Crippen LogP contribution in [0.3, 0.4) is 0 Å². The van der Waals surface area contributed by atoms with E-state index in [-0.39, 0.29) is 6.42 Å². The number of rotatable bonds is 3. The van der Waals surface area contributed by atoms with E-state index >= 15 is 0 Å². The Balaban J connectivity index is 0.000000541. The molecule has 2 rings (SSSR count). The van der Waals surface area contributed by atoms with Gasteiger partial charge in [0.25, 0.3) is 5.97 Å². The Morgan fingerprint density at radius 3 is 2.50 bits per heavy atom. The first-order valence-corrected chi connectivity index (χ1v) is 6.95. The van der Waals surface area contributed by atoms with E-state index in [4.69, 9.17) is 9.90 Å². The Morgan fingerprint density at radius 1 is 1.41 bits per heavy atom. The molecule has 0 aliphatic carbocycles. The quantitative estimate of drug-likeness (QED) is 0.735. The fourth-order valence-corrected chi connectivity index (χ4v) is 2.26. The van der Waals surface area contributed by atoms with Gasteiger partial charge in [0.1, 0.15) is 17.7 Å². The molecule has 2 atom stereocenters. The van der Waals surface area contributed by atoms with Crippen molar-refractivity contribution in [2.24, 2.45) is 0 Å². The number of aliphatic hydroxyl groups is 1. The van der Waals surface area contributed by atoms with E-state index in [1.807, 2.05) is 6.92 Å². The highest BCUT2D eigenvalue weighted by atomic mass is 16.4. The topological polar surface area (TPSA) is 124 Å². The number of carboxylic acids is 2. The minimum absolute atomic E-state index is 0.238. The number of hydrogen-bond donors (Lipinski definition) is 3. The number of aliphatic hydroxyl groups excluding tert-OH is 1. The van der Waals surface area contributed by atoms with Crippen LogP contribution < -0.4 is 4.90 Å². The first-order chi connectivity index (χ1) is 10.3. The third-order valence-corrected chi connectivity index (χ3v) is 3.18. The third-order valence-electron chi connectivity index (χ3n) is 3.18. The molecule has 1 aromatic rings. The van der Waals surface area contributed by atoms with Crippen molar-refractivity contribution in [1.29, 1.82) is 0 Å². The van der Waals surface area contributed by atoms with Gasteiger partial charge in [0.15, 0.2) is 0 Å². The molecule has 1 aromatic heterocycles. The molecular weight excluding hydrogens is 290 g/mol. The smallest absolute Gasteiger partial charge is 0.326 e. The van der Waals surface area contributed by atoms with Crippen molar-refractivity contribution < 1.29 is 24.9 Å². The van der Waals surface area contributed by atoms with E-state index < -0.39 is 24.1 Å². The van der Waals surface area contributed by atoms with Crippen LogP contribution in [0.2, 0.25) is 0 Å². The lowest BCUT2D eigenvalue weighted by molar-refractivity contribution is -0.138. The number of aliphatic carboxylic acids is 2. The molecular formula is C14H21N3O5. The van der Waals surface area contributed by atoms with Crippen LogP contribution in [-0.4, -0.2) is 55.9 Å². The summed E-state index contributed by atoms with van der Waals surface area (Å²) >= 11 is 0. The summed E-state index contributed by atoms with van der Waals surface area (Å²) in [6.45, 7) is 5.13. The molecule has 2 heterocycles. The first-order valence-electron chi connectivity index (χ1n) is 6.95. The number of nitrogens with zero attached hydrogens (tertiary/aromatic N) is 3. The Hall–Kier alpha value is -2.22. The number of aryl methyl sites for hydroxylation is 2. The molecule has 8 nitrogen and oxygen atoms in total. The van der Waals surface area contributed by atoms with Gasteiger partial charge in [-0.15, -0.1) is 0 Å². The molecule has 0 aromatic carbocycles. The van der Waals surface area contributed by atoms with Crippen LogP contribution in [0.5, 0.6) is 0 Å². The summed E-state index contributed by atoms with van der Waals surface area (Å²) in [7, 11) is 0. The Morgan fingerprint density at radius 2 is 2.00 bits per heavy atom. The lowest BCUT2D eigenvalue weighted by Crippen LogP contribution is -2.37. The van der Waals surface area contributed by atoms with Crippen LogP contribution in [-0.2, 0) is 16.0 Å². The monoisotopic (exact) mass is 311 g/mol. The summed E-state index contributed by atoms with van der Waals surface area (Å²) < 4.78 is 0. The zero-order valence-corrected chi connectivity index (χ0v) is 12.9. The molecule has 8 heteroatoms. The number of hydrogen-bond acceptors (Lipinski definition) is 6. The van der Waals surface area contributed by atoms with Crippen molar-refractivity contribution in [3.05, 3.63) is 17.6 Å². The number of anilines is 1. The second-order valence-corrected chi connectivity index (χ2v) is 5.03. The van der Waals surface area contributed by atoms with Crippen LogP contribution in [0.25, 0.3) is 0 Å². The Bertz CT molecular complexity index is 545. The van der Waals surface area contributed by atoms with Gasteiger partial charge in [-0.2, -0.15) is 0 Å². The highest BCUT2D eigenvalue weighted by Crippen LogP contribution is 2.27. The Labute approximate surface area is 128 Å². The van der Waals surface area contributed by atoms with Crippen molar-refractivity contribution in [3.8, 4) is 0 Å². The summed E-state index contributed by atoms with van der Waals surface area (Å²) in [6.07, 6.45) is 2.07. The van der Waals surface area contributed by atoms with E-state index in [9.17, 15) is 15.0 Å². The zero-order chi connectivity index (χ0) is 16.9. The maximum Gasteiger partial charge on any atom is 0.326 e. The van der Waals surface area contributed by atoms with Crippen molar-refractivity contribution in [2.75, 3.05) is 11.4 Å². The predicted molar refractivity (Wildman–Crippen MR) is 78.9 cm³/mol. The molecule has 1 aliphatic heterocycles. The number of carboxylic acid groups (broad SMARTS) is 2. The van der Waals surface area contributed by atoms with Crippen molar-refractivity contribution >= 4 is 17.8 Å². The molecule has 0 radical (unpaired) electrons. The molecule has 1 aliphatic rings. The number of carbonyl (C=O) groups is 2. The van der Waals surface area contributed by atoms with Crippen LogP contribution in [0.4, 0.5) is 5.82 Å². The van der Waals surface area contributed by atoms with Gasteiger partial charge in [0, 0.05) is 31.6 Å². The summed E-state index contributed by atoms with van der Waals surface area (Å²) in [5, 5.41) is 26.3. The van der Waals surface area contributed by atoms with Crippen LogP contribution >= 0.6 is 0 Å². The van der Waals surface area contributed by atoms with Gasteiger partial charge in [-0.1, -0.05) is 6.92 Å². The van der Waals surface area contributed by atoms with E-state index in [1.54, 1.807) is 18.0 Å². The first kappa shape index (κ1) is 17.8. The van der Waals surface area contributed by atoms with Gasteiger partial charge >= 0.3 is 5.97 Å². The van der Waals surface area contributed by atoms with Crippen molar-refractivity contribution in [2.45, 2.75) is 45.8 Å². The van der Waals surface area contributed by atoms with Crippen LogP contribution in [0.1, 0.15) is 31.7 Å². The molecule has 122 valence electrons. The maximum absolute atomic E-state index is 11.2. The molecule has 0 bridgehead atoms. The predicted octanol–water partition coefficient (Wildman–Crippen LogP) is 0.463. The van der Waals surface area contributed by atoms with Gasteiger partial charge in [0.2, 0.25) is 0 Å². The number of aromatic nitrogens is 2. The van der Waals surface area contributed by atoms with Crippen LogP contribution in [0.15, 0.2) is 6.20 Å². The lowest BCUT2D eigenvalue weighted by atomic mass is 10.2. The van der Waals surface area contributed by atoms with E-state index in [0.717, 1.165) is 18.9 Å². The van der Waals surface area contributed by atoms with Gasteiger partial charge in [-0.25, -0.2) is 14.8 Å². The largest absolute Gasteiger partial charge is 0.481 e. The molecule has 1 saturated heterocycles. The summed E-state index contributed by atoms with van der Waals surface area (Å²) in [6, 6.07) is -0.709. The highest BCUT2D eigenvalue weighted by Gasteiger charge is 2.37. The van der Waals surface area contributed by atoms with Gasteiger partial charge in [-0.3, -0.25) is 4.79 Å². The Kier molecular flexibility index (Phi) is 6.24. The van der Waals surface area contributed by atoms with Crippen molar-refractivity contribution in [1.82, 2.24) is 9.97 Å². The standard InChI is InChI=1S/C12H17N3O3.C2H4O2/c1-3-8-5-13-7(2)14-11(8)15-6-9(16)4-10(15)12(17)18;1-2(3)4/h5,9-10,16H,3-4,6H2,1-2H3,(H,17,18);1H3,(H,3,4)/t9-,10+;/m1./s1. The molecule has 0 unspecified atom stereocenters. The highest BCUT2D eigenvalue weighted by molar-refractivity contribution is 5.79. The van der Waals surface area contributed by atoms with Gasteiger partial charge in [-0.05, 0) is 13.3 Å². The average Bonchev–Trinajstić information content (AvgIpc) is 2.80. The fourth-order valence-electron chi connectivity index (χ4n) is 2.26. The summed E-state index contributed by atoms with van der Waals surface area (Å²) in [5.74, 6) is -0.522. The van der Waals surface area contributed by atoms with Gasteiger partial charge < -0.3 is 20.2 Å². The SMILES string of the molecule is CC(=O)O.CCc1cnc(C)nc1N1C[C@H](O)C[C@H]1C(=O)O. The summed E-state index contributed by atoms with van der Waals surface area (Å²) in [4.78, 5) is 30.3. The van der Waals surface area contributed by atoms with Crippen molar-refractivity contribution in [3.63, 3.8) is 0 Å². The van der Waals surface area contributed by atoms with E-state index in [0.29, 0.717) is 18.2 Å². The maximum atomic E-state index is 11.2. The van der Waals surface area contributed by atoms with Gasteiger partial charge in [0.05, 0.1) is 6.10 Å². The lowest BCUT2D eigenvalue weighted by Gasteiger charge is -2.24. The minimum Gasteiger partial charge on any atom is -0.481 e. The molecule has 3 N–H and O–H groups in total. The van der Waals surface area contributed by atoms with Crippen LogP contribution in [0, 0.1) is 6.92 Å². The summed E-state index contributed by atoms with van der Waals surface area (Å²) in [5.41, 5.74) is 0.904. The second kappa shape index (κ2) is 7.69. The molecule has 22 heavy (non-hydrogen) atoms.